The van der Waals surface area contributed by atoms with Gasteiger partial charge in [-0.25, -0.2) is 0 Å². The van der Waals surface area contributed by atoms with Crippen LogP contribution < -0.4 is 0 Å². The van der Waals surface area contributed by atoms with Gasteiger partial charge in [0, 0.05) is 18.0 Å². The van der Waals surface area contributed by atoms with Gasteiger partial charge in [-0.05, 0) is 44.7 Å². The molecule has 0 saturated heterocycles. The maximum absolute atomic E-state index is 12.4. The van der Waals surface area contributed by atoms with Crippen molar-refractivity contribution in [2.45, 2.75) is 33.1 Å². The molecule has 0 aromatic carbocycles. The van der Waals surface area contributed by atoms with E-state index < -0.39 is 0 Å². The molecule has 2 rings (SSSR count). The summed E-state index contributed by atoms with van der Waals surface area (Å²) in [4.78, 5) is 16.3. The Morgan fingerprint density at radius 1 is 1.61 bits per heavy atom. The second-order valence-electron chi connectivity index (χ2n) is 4.79. The van der Waals surface area contributed by atoms with Crippen LogP contribution in [0, 0.1) is 17.2 Å². The van der Waals surface area contributed by atoms with Crippen LogP contribution in [0.5, 0.6) is 0 Å². The number of hydrogen-bond acceptors (Lipinski definition) is 3. The molecule has 0 bridgehead atoms. The highest BCUT2D eigenvalue weighted by Crippen LogP contribution is 2.31. The van der Waals surface area contributed by atoms with Crippen molar-refractivity contribution in [2.24, 2.45) is 5.92 Å². The van der Waals surface area contributed by atoms with Gasteiger partial charge in [0.1, 0.15) is 0 Å². The highest BCUT2D eigenvalue weighted by molar-refractivity contribution is 7.14. The van der Waals surface area contributed by atoms with Gasteiger partial charge in [-0.15, -0.1) is 11.3 Å². The third-order valence-corrected chi connectivity index (χ3v) is 4.57. The topological polar surface area (TPSA) is 44.1 Å². The van der Waals surface area contributed by atoms with Crippen molar-refractivity contribution in [3.63, 3.8) is 0 Å². The van der Waals surface area contributed by atoms with Crippen LogP contribution in [0.2, 0.25) is 0 Å². The van der Waals surface area contributed by atoms with Crippen LogP contribution in [0.3, 0.4) is 0 Å². The number of nitrogens with zero attached hydrogens (tertiary/aromatic N) is 2. The Balaban J connectivity index is 2.11. The predicted molar refractivity (Wildman–Crippen MR) is 72.7 cm³/mol. The number of aryl methyl sites for hydroxylation is 2. The van der Waals surface area contributed by atoms with Crippen molar-refractivity contribution < 1.29 is 4.79 Å². The summed E-state index contributed by atoms with van der Waals surface area (Å²) < 4.78 is 0. The van der Waals surface area contributed by atoms with Crippen molar-refractivity contribution in [1.82, 2.24) is 4.90 Å². The summed E-state index contributed by atoms with van der Waals surface area (Å²) in [5.74, 6) is -0.0280. The highest BCUT2D eigenvalue weighted by Gasteiger charge is 2.22. The van der Waals surface area contributed by atoms with E-state index in [1.807, 2.05) is 13.8 Å². The van der Waals surface area contributed by atoms with Crippen LogP contribution in [0.1, 0.15) is 40.4 Å². The Labute approximate surface area is 112 Å². The molecule has 1 aliphatic rings. The SMILES string of the molecule is CCN(CC(C)C#N)C(=O)c1cc2c(s1)CCC2. The first-order valence-corrected chi connectivity index (χ1v) is 7.27. The van der Waals surface area contributed by atoms with E-state index in [4.69, 9.17) is 5.26 Å². The molecule has 1 atom stereocenters. The number of hydrogen-bond donors (Lipinski definition) is 0. The fourth-order valence-electron chi connectivity index (χ4n) is 2.32. The Morgan fingerprint density at radius 3 is 3.00 bits per heavy atom. The van der Waals surface area contributed by atoms with Crippen molar-refractivity contribution in [3.8, 4) is 6.07 Å². The van der Waals surface area contributed by atoms with Gasteiger partial charge >= 0.3 is 0 Å². The first-order chi connectivity index (χ1) is 8.65. The summed E-state index contributed by atoms with van der Waals surface area (Å²) in [5.41, 5.74) is 1.35. The minimum absolute atomic E-state index is 0.0824. The number of carbonyl (C=O) groups excluding carboxylic acids is 1. The first-order valence-electron chi connectivity index (χ1n) is 6.46. The molecule has 0 N–H and O–H groups in total. The second kappa shape index (κ2) is 5.53. The third kappa shape index (κ3) is 2.56. The molecule has 96 valence electrons. The minimum atomic E-state index is -0.110. The molecule has 0 fully saturated rings. The molecule has 1 heterocycles. The van der Waals surface area contributed by atoms with Crippen molar-refractivity contribution in [1.29, 1.82) is 5.26 Å². The Bertz CT molecular complexity index is 465. The first kappa shape index (κ1) is 13.1. The van der Waals surface area contributed by atoms with Gasteiger partial charge in [0.15, 0.2) is 0 Å². The molecule has 3 nitrogen and oxygen atoms in total. The molecular formula is C14H18N2OS. The molecular weight excluding hydrogens is 244 g/mol. The highest BCUT2D eigenvalue weighted by atomic mass is 32.1. The van der Waals surface area contributed by atoms with E-state index in [-0.39, 0.29) is 11.8 Å². The van der Waals surface area contributed by atoms with Gasteiger partial charge in [-0.3, -0.25) is 4.79 Å². The zero-order valence-electron chi connectivity index (χ0n) is 10.9. The fourth-order valence-corrected chi connectivity index (χ4v) is 3.54. The number of nitriles is 1. The maximum atomic E-state index is 12.4. The number of rotatable bonds is 4. The molecule has 18 heavy (non-hydrogen) atoms. The molecule has 0 radical (unpaired) electrons. The number of fused-ring (bicyclic) bond motifs is 1. The lowest BCUT2D eigenvalue weighted by Crippen LogP contribution is -2.33. The van der Waals surface area contributed by atoms with E-state index >= 15 is 0 Å². The summed E-state index contributed by atoms with van der Waals surface area (Å²) in [6.45, 7) is 5.00. The Hall–Kier alpha value is -1.34. The Kier molecular flexibility index (Phi) is 4.03. The third-order valence-electron chi connectivity index (χ3n) is 3.34. The van der Waals surface area contributed by atoms with E-state index in [9.17, 15) is 4.79 Å². The van der Waals surface area contributed by atoms with Crippen LogP contribution >= 0.6 is 11.3 Å². The average Bonchev–Trinajstić information content (AvgIpc) is 2.95. The van der Waals surface area contributed by atoms with Crippen molar-refractivity contribution >= 4 is 17.2 Å². The van der Waals surface area contributed by atoms with Gasteiger partial charge < -0.3 is 4.90 Å². The van der Waals surface area contributed by atoms with Gasteiger partial charge in [0.2, 0.25) is 0 Å². The number of thiophene rings is 1. The van der Waals surface area contributed by atoms with Crippen LogP contribution in [0.25, 0.3) is 0 Å². The van der Waals surface area contributed by atoms with Gasteiger partial charge in [0.25, 0.3) is 5.91 Å². The van der Waals surface area contributed by atoms with E-state index in [1.54, 1.807) is 16.2 Å². The van der Waals surface area contributed by atoms with Gasteiger partial charge in [-0.1, -0.05) is 0 Å². The molecule has 1 amide bonds. The number of carbonyl (C=O) groups is 1. The Morgan fingerprint density at radius 2 is 2.39 bits per heavy atom. The standard InChI is InChI=1S/C14H18N2OS/c1-3-16(9-10(2)8-15)14(17)13-7-11-5-4-6-12(11)18-13/h7,10H,3-6,9H2,1-2H3. The minimum Gasteiger partial charge on any atom is -0.337 e. The molecule has 0 saturated carbocycles. The summed E-state index contributed by atoms with van der Waals surface area (Å²) in [6.07, 6.45) is 3.45. The molecule has 1 unspecified atom stereocenters. The summed E-state index contributed by atoms with van der Waals surface area (Å²) >= 11 is 1.63. The molecule has 1 aromatic heterocycles. The largest absolute Gasteiger partial charge is 0.337 e. The van der Waals surface area contributed by atoms with Crippen molar-refractivity contribution in [2.75, 3.05) is 13.1 Å². The molecule has 0 spiro atoms. The van der Waals surface area contributed by atoms with Gasteiger partial charge in [0.05, 0.1) is 16.9 Å². The lowest BCUT2D eigenvalue weighted by molar-refractivity contribution is 0.0757. The summed E-state index contributed by atoms with van der Waals surface area (Å²) in [7, 11) is 0. The average molecular weight is 262 g/mol. The van der Waals surface area contributed by atoms with Crippen LogP contribution in [0.15, 0.2) is 6.07 Å². The zero-order chi connectivity index (χ0) is 13.1. The molecule has 0 aliphatic heterocycles. The molecule has 1 aliphatic carbocycles. The van der Waals surface area contributed by atoms with Crippen molar-refractivity contribution in [3.05, 3.63) is 21.4 Å². The molecule has 1 aromatic rings. The smallest absolute Gasteiger partial charge is 0.263 e. The predicted octanol–water partition coefficient (Wildman–Crippen LogP) is 2.86. The zero-order valence-corrected chi connectivity index (χ0v) is 11.7. The van der Waals surface area contributed by atoms with Crippen LogP contribution in [0.4, 0.5) is 0 Å². The maximum Gasteiger partial charge on any atom is 0.263 e. The van der Waals surface area contributed by atoms with E-state index in [0.717, 1.165) is 17.7 Å². The molecule has 4 heteroatoms. The van der Waals surface area contributed by atoms with E-state index in [1.165, 1.54) is 16.9 Å². The van der Waals surface area contributed by atoms with E-state index in [0.29, 0.717) is 13.1 Å². The van der Waals surface area contributed by atoms with E-state index in [2.05, 4.69) is 12.1 Å². The monoisotopic (exact) mass is 262 g/mol. The fraction of sp³-hybridized carbons (Fsp3) is 0.571. The normalized spacial score (nSPS) is 14.9. The summed E-state index contributed by atoms with van der Waals surface area (Å²) in [5, 5.41) is 8.84. The van der Waals surface area contributed by atoms with Crippen LogP contribution in [-0.4, -0.2) is 23.9 Å². The van der Waals surface area contributed by atoms with Crippen LogP contribution in [-0.2, 0) is 12.8 Å². The lowest BCUT2D eigenvalue weighted by Gasteiger charge is -2.21. The lowest BCUT2D eigenvalue weighted by atomic mass is 10.2. The quantitative estimate of drug-likeness (QED) is 0.837. The second-order valence-corrected chi connectivity index (χ2v) is 5.92. The number of amides is 1. The van der Waals surface area contributed by atoms with Gasteiger partial charge in [-0.2, -0.15) is 5.26 Å². The summed E-state index contributed by atoms with van der Waals surface area (Å²) in [6, 6.07) is 4.24.